The average Bonchev–Trinajstić information content (AvgIpc) is 3.99. The third-order valence-electron chi connectivity index (χ3n) is 12.3. The fraction of sp³-hybridized carbons (Fsp3) is 0.0755. The summed E-state index contributed by atoms with van der Waals surface area (Å²) in [5, 5.41) is 9.56. The molecule has 6 heteroatoms. The van der Waals surface area contributed by atoms with Gasteiger partial charge in [-0.15, -0.1) is 11.3 Å². The van der Waals surface area contributed by atoms with Gasteiger partial charge in [-0.1, -0.05) is 103 Å². The second-order valence-electron chi connectivity index (χ2n) is 15.7. The van der Waals surface area contributed by atoms with E-state index in [4.69, 9.17) is 23.8 Å². The van der Waals surface area contributed by atoms with Gasteiger partial charge in [0.15, 0.2) is 17.5 Å². The maximum Gasteiger partial charge on any atom is 0.164 e. The summed E-state index contributed by atoms with van der Waals surface area (Å²) in [5.74, 6) is 3.99. The first kappa shape index (κ1) is 32.9. The van der Waals surface area contributed by atoms with E-state index in [0.29, 0.717) is 17.5 Å². The number of fused-ring (bicyclic) bond motifs is 12. The number of hydrogen-bond acceptors (Lipinski definition) is 6. The Balaban J connectivity index is 0.992. The van der Waals surface area contributed by atoms with Gasteiger partial charge in [0.1, 0.15) is 22.7 Å². The van der Waals surface area contributed by atoms with Gasteiger partial charge in [-0.25, -0.2) is 15.0 Å². The molecule has 2 aliphatic rings. The number of rotatable bonds is 4. The van der Waals surface area contributed by atoms with Crippen LogP contribution in [-0.2, 0) is 12.8 Å². The molecule has 13 rings (SSSR count). The van der Waals surface area contributed by atoms with Crippen molar-refractivity contribution >= 4 is 92.2 Å². The van der Waals surface area contributed by atoms with E-state index in [1.165, 1.54) is 47.3 Å². The van der Waals surface area contributed by atoms with Gasteiger partial charge in [-0.3, -0.25) is 0 Å². The maximum absolute atomic E-state index is 6.64. The summed E-state index contributed by atoms with van der Waals surface area (Å²) < 4.78 is 15.5. The number of allylic oxidation sites excluding steroid dienone is 2. The summed E-state index contributed by atoms with van der Waals surface area (Å²) in [6, 6.07) is 49.9. The highest BCUT2D eigenvalue weighted by Crippen LogP contribution is 2.43. The summed E-state index contributed by atoms with van der Waals surface area (Å²) in [4.78, 5) is 16.0. The Morgan fingerprint density at radius 1 is 0.458 bits per heavy atom. The molecule has 0 N–H and O–H groups in total. The number of furan rings is 2. The summed E-state index contributed by atoms with van der Waals surface area (Å²) in [6.45, 7) is 0. The van der Waals surface area contributed by atoms with Gasteiger partial charge >= 0.3 is 0 Å². The average molecular weight is 776 g/mol. The van der Waals surface area contributed by atoms with Crippen molar-refractivity contribution in [2.45, 2.75) is 25.7 Å². The third-order valence-corrected chi connectivity index (χ3v) is 13.4. The van der Waals surface area contributed by atoms with Gasteiger partial charge in [0, 0.05) is 66.0 Å². The third kappa shape index (κ3) is 5.19. The lowest BCUT2D eigenvalue weighted by molar-refractivity contribution is 0.545. The van der Waals surface area contributed by atoms with Crippen LogP contribution < -0.4 is 0 Å². The van der Waals surface area contributed by atoms with Gasteiger partial charge in [0.25, 0.3) is 0 Å². The van der Waals surface area contributed by atoms with Crippen LogP contribution in [0.3, 0.4) is 0 Å². The van der Waals surface area contributed by atoms with E-state index in [1.807, 2.05) is 23.5 Å². The van der Waals surface area contributed by atoms with Crippen LogP contribution in [0.25, 0.3) is 103 Å². The molecular formula is C53H33N3O2S. The second-order valence-corrected chi connectivity index (χ2v) is 16.8. The van der Waals surface area contributed by atoms with Gasteiger partial charge in [-0.2, -0.15) is 0 Å². The van der Waals surface area contributed by atoms with Gasteiger partial charge < -0.3 is 8.83 Å². The Kier molecular flexibility index (Phi) is 7.06. The monoisotopic (exact) mass is 775 g/mol. The van der Waals surface area contributed by atoms with Crippen molar-refractivity contribution in [3.8, 4) is 22.5 Å². The Hall–Kier alpha value is -7.15. The smallest absolute Gasteiger partial charge is 0.164 e. The molecule has 4 heterocycles. The van der Waals surface area contributed by atoms with E-state index < -0.39 is 0 Å². The minimum atomic E-state index is 0.654. The molecule has 0 saturated heterocycles. The molecule has 59 heavy (non-hydrogen) atoms. The summed E-state index contributed by atoms with van der Waals surface area (Å²) in [7, 11) is 0. The highest BCUT2D eigenvalue weighted by molar-refractivity contribution is 7.25. The first-order valence-electron chi connectivity index (χ1n) is 20.3. The number of para-hydroxylation sites is 1. The molecule has 7 aromatic carbocycles. The lowest BCUT2D eigenvalue weighted by atomic mass is 9.92. The predicted octanol–water partition coefficient (Wildman–Crippen LogP) is 14.2. The summed E-state index contributed by atoms with van der Waals surface area (Å²) >= 11 is 1.84. The molecule has 5 nitrogen and oxygen atoms in total. The van der Waals surface area contributed by atoms with Crippen LogP contribution in [0.4, 0.5) is 0 Å². The van der Waals surface area contributed by atoms with Crippen LogP contribution in [0.15, 0.2) is 154 Å². The Morgan fingerprint density at radius 3 is 2.05 bits per heavy atom. The highest BCUT2D eigenvalue weighted by atomic mass is 32.1. The largest absolute Gasteiger partial charge is 0.460 e. The normalized spacial score (nSPS) is 14.0. The van der Waals surface area contributed by atoms with E-state index in [0.717, 1.165) is 92.5 Å². The predicted molar refractivity (Wildman–Crippen MR) is 243 cm³/mol. The number of aryl methyl sites for hydroxylation is 2. The molecule has 0 fully saturated rings. The molecule has 278 valence electrons. The molecule has 0 bridgehead atoms. The van der Waals surface area contributed by atoms with Gasteiger partial charge in [0.05, 0.1) is 0 Å². The van der Waals surface area contributed by atoms with Crippen molar-refractivity contribution in [3.05, 3.63) is 180 Å². The second kappa shape index (κ2) is 12.7. The van der Waals surface area contributed by atoms with Crippen molar-refractivity contribution in [2.24, 2.45) is 0 Å². The van der Waals surface area contributed by atoms with E-state index in [1.54, 1.807) is 0 Å². The molecule has 0 amide bonds. The summed E-state index contributed by atoms with van der Waals surface area (Å²) in [6.07, 6.45) is 7.73. The van der Waals surface area contributed by atoms with Crippen molar-refractivity contribution in [1.29, 1.82) is 0 Å². The zero-order valence-corrected chi connectivity index (χ0v) is 32.6. The fourth-order valence-corrected chi connectivity index (χ4v) is 10.5. The first-order valence-corrected chi connectivity index (χ1v) is 21.1. The molecular weight excluding hydrogens is 743 g/mol. The first-order chi connectivity index (χ1) is 29.2. The number of aromatic nitrogens is 3. The van der Waals surface area contributed by atoms with Crippen molar-refractivity contribution in [3.63, 3.8) is 0 Å². The van der Waals surface area contributed by atoms with E-state index >= 15 is 0 Å². The van der Waals surface area contributed by atoms with Crippen LogP contribution in [0.5, 0.6) is 0 Å². The molecule has 0 saturated carbocycles. The quantitative estimate of drug-likeness (QED) is 0.167. The van der Waals surface area contributed by atoms with Crippen molar-refractivity contribution in [1.82, 2.24) is 15.0 Å². The minimum absolute atomic E-state index is 0.654. The van der Waals surface area contributed by atoms with E-state index in [2.05, 4.69) is 140 Å². The van der Waals surface area contributed by atoms with Crippen LogP contribution in [0.2, 0.25) is 0 Å². The Morgan fingerprint density at radius 2 is 1.12 bits per heavy atom. The van der Waals surface area contributed by atoms with Crippen LogP contribution in [0.1, 0.15) is 47.1 Å². The zero-order valence-electron chi connectivity index (χ0n) is 31.8. The molecule has 2 aliphatic carbocycles. The minimum Gasteiger partial charge on any atom is -0.460 e. The van der Waals surface area contributed by atoms with E-state index in [9.17, 15) is 0 Å². The van der Waals surface area contributed by atoms with Crippen LogP contribution in [0, 0.1) is 0 Å². The number of benzene rings is 7. The Labute approximate surface area is 342 Å². The van der Waals surface area contributed by atoms with Gasteiger partial charge in [-0.05, 0) is 99.6 Å². The topological polar surface area (TPSA) is 65.0 Å². The number of nitrogens with zero attached hydrogens (tertiary/aromatic N) is 3. The van der Waals surface area contributed by atoms with Crippen LogP contribution >= 0.6 is 11.3 Å². The summed E-state index contributed by atoms with van der Waals surface area (Å²) in [5.41, 5.74) is 9.33. The van der Waals surface area contributed by atoms with Gasteiger partial charge in [0.2, 0.25) is 0 Å². The molecule has 0 aliphatic heterocycles. The van der Waals surface area contributed by atoms with E-state index in [-0.39, 0.29) is 0 Å². The van der Waals surface area contributed by atoms with Crippen molar-refractivity contribution < 1.29 is 8.83 Å². The molecule has 0 atom stereocenters. The molecule has 0 unspecified atom stereocenters. The molecule has 4 aromatic heterocycles. The lowest BCUT2D eigenvalue weighted by Gasteiger charge is -2.17. The highest BCUT2D eigenvalue weighted by Gasteiger charge is 2.27. The molecule has 11 aromatic rings. The number of hydrogen-bond donors (Lipinski definition) is 0. The SMILES string of the molecule is C1=C(c2nc(C3=CCCc4oc5ccc(-c6ccc7sc8ccccc8c7c6)cc5c43)nc(-c3ccc4ccc5ccccc5c4c3)n2)CCc2oc3ccccc3c21. The lowest BCUT2D eigenvalue weighted by Crippen LogP contribution is -2.09. The maximum atomic E-state index is 6.64. The zero-order chi connectivity index (χ0) is 38.6. The van der Waals surface area contributed by atoms with Crippen molar-refractivity contribution in [2.75, 3.05) is 0 Å². The van der Waals surface area contributed by atoms with Crippen LogP contribution in [-0.4, -0.2) is 15.0 Å². The number of thiophene rings is 1. The Bertz CT molecular complexity index is 3640. The molecule has 0 spiro atoms. The molecule has 0 radical (unpaired) electrons. The fourth-order valence-electron chi connectivity index (χ4n) is 9.40. The standard InChI is InChI=1S/C53H33N3O2S/c1-2-9-36-30(8-1)16-17-31-18-19-34(28-40(31)36)51-54-52(35-21-24-45-41(29-35)37-10-3-5-13-44(37)57-45)56-53(55-51)39-12-7-14-47-50(39)43-27-32(20-23-46(43)58-47)33-22-25-49-42(26-33)38-11-4-6-15-48(38)59-49/h1-6,8-13,15-20,22-23,25-29H,7,14,21,24H2.